The number of amides is 3. The Bertz CT molecular complexity index is 1090. The Morgan fingerprint density at radius 3 is 2.52 bits per heavy atom. The van der Waals surface area contributed by atoms with Gasteiger partial charge in [-0.15, -0.1) is 0 Å². The Morgan fingerprint density at radius 1 is 1.27 bits per heavy atom. The number of hydrogen-bond acceptors (Lipinski definition) is 4. The topological polar surface area (TPSA) is 96.6 Å². The molecule has 1 atom stereocenters. The first-order valence-electron chi connectivity index (χ1n) is 9.85. The standard InChI is InChI=1S/C22H20ClF3N4O3/c1-12(20(27)32)2-7-17-22(33)30(21-16(24)8-15(23)9-28-21)11-18(31)29(17)10-13-3-5-14(6-4-13)19(25)26/h3-6,8-9,17,19H,1-2,7,10-11H2,(H2,27,32)/t17-/m0/s1. The molecule has 2 N–H and O–H groups in total. The van der Waals surface area contributed by atoms with Crippen LogP contribution < -0.4 is 10.6 Å². The van der Waals surface area contributed by atoms with Crippen LogP contribution in [0.25, 0.3) is 0 Å². The molecule has 174 valence electrons. The molecule has 0 saturated carbocycles. The summed E-state index contributed by atoms with van der Waals surface area (Å²) in [5, 5.41) is 0.0233. The molecule has 1 aromatic carbocycles. The first-order chi connectivity index (χ1) is 15.6. The highest BCUT2D eigenvalue weighted by molar-refractivity contribution is 6.30. The minimum absolute atomic E-state index is 0.00677. The van der Waals surface area contributed by atoms with Crippen LogP contribution in [0.15, 0.2) is 48.7 Å². The third-order valence-corrected chi connectivity index (χ3v) is 5.44. The fraction of sp³-hybridized carbons (Fsp3) is 0.273. The van der Waals surface area contributed by atoms with Crippen molar-refractivity contribution in [1.29, 1.82) is 0 Å². The lowest BCUT2D eigenvalue weighted by atomic mass is 10.00. The van der Waals surface area contributed by atoms with Crippen LogP contribution in [0.4, 0.5) is 19.0 Å². The number of alkyl halides is 2. The summed E-state index contributed by atoms with van der Waals surface area (Å²) in [5.41, 5.74) is 5.62. The van der Waals surface area contributed by atoms with Gasteiger partial charge >= 0.3 is 0 Å². The van der Waals surface area contributed by atoms with Gasteiger partial charge in [0, 0.05) is 23.9 Å². The Morgan fingerprint density at radius 2 is 1.94 bits per heavy atom. The van der Waals surface area contributed by atoms with Gasteiger partial charge in [0.15, 0.2) is 11.6 Å². The zero-order valence-electron chi connectivity index (χ0n) is 17.3. The molecule has 1 fully saturated rings. The molecule has 0 radical (unpaired) electrons. The molecule has 1 saturated heterocycles. The molecule has 1 aliphatic rings. The molecule has 1 aromatic heterocycles. The average Bonchev–Trinajstić information content (AvgIpc) is 2.76. The van der Waals surface area contributed by atoms with Crippen molar-refractivity contribution in [3.8, 4) is 0 Å². The number of piperazine rings is 1. The van der Waals surface area contributed by atoms with Gasteiger partial charge < -0.3 is 10.6 Å². The van der Waals surface area contributed by atoms with Gasteiger partial charge in [0.25, 0.3) is 12.3 Å². The molecule has 0 spiro atoms. The minimum Gasteiger partial charge on any atom is -0.366 e. The third-order valence-electron chi connectivity index (χ3n) is 5.24. The molecule has 33 heavy (non-hydrogen) atoms. The van der Waals surface area contributed by atoms with Crippen LogP contribution in [-0.2, 0) is 20.9 Å². The highest BCUT2D eigenvalue weighted by Gasteiger charge is 2.41. The van der Waals surface area contributed by atoms with Crippen LogP contribution >= 0.6 is 11.6 Å². The van der Waals surface area contributed by atoms with Gasteiger partial charge in [0.2, 0.25) is 11.8 Å². The van der Waals surface area contributed by atoms with E-state index in [0.717, 1.165) is 17.2 Å². The molecule has 0 bridgehead atoms. The zero-order valence-corrected chi connectivity index (χ0v) is 18.1. The molecular formula is C22H20ClF3N4O3. The number of hydrogen-bond donors (Lipinski definition) is 1. The molecule has 2 aromatic rings. The van der Waals surface area contributed by atoms with Gasteiger partial charge in [-0.05, 0) is 24.5 Å². The van der Waals surface area contributed by atoms with Gasteiger partial charge in [-0.1, -0.05) is 42.4 Å². The first-order valence-corrected chi connectivity index (χ1v) is 10.2. The van der Waals surface area contributed by atoms with Crippen molar-refractivity contribution in [3.05, 3.63) is 70.6 Å². The van der Waals surface area contributed by atoms with Crippen LogP contribution in [0.5, 0.6) is 0 Å². The number of anilines is 1. The molecule has 11 heteroatoms. The smallest absolute Gasteiger partial charge is 0.263 e. The normalized spacial score (nSPS) is 16.5. The predicted molar refractivity (Wildman–Crippen MR) is 115 cm³/mol. The monoisotopic (exact) mass is 480 g/mol. The first kappa shape index (κ1) is 24.2. The highest BCUT2D eigenvalue weighted by Crippen LogP contribution is 2.28. The van der Waals surface area contributed by atoms with E-state index < -0.39 is 42.6 Å². The number of nitrogens with two attached hydrogens (primary N) is 1. The van der Waals surface area contributed by atoms with E-state index in [9.17, 15) is 27.6 Å². The summed E-state index contributed by atoms with van der Waals surface area (Å²) in [4.78, 5) is 43.7. The van der Waals surface area contributed by atoms with Gasteiger partial charge in [-0.3, -0.25) is 19.3 Å². The molecule has 3 amide bonds. The van der Waals surface area contributed by atoms with Gasteiger partial charge in [0.1, 0.15) is 12.6 Å². The van der Waals surface area contributed by atoms with Crippen molar-refractivity contribution in [3.63, 3.8) is 0 Å². The second-order valence-corrected chi connectivity index (χ2v) is 7.91. The number of carbonyl (C=O) groups is 3. The molecule has 1 aliphatic heterocycles. The van der Waals surface area contributed by atoms with E-state index in [2.05, 4.69) is 11.6 Å². The molecule has 0 aliphatic carbocycles. The second kappa shape index (κ2) is 10.0. The summed E-state index contributed by atoms with van der Waals surface area (Å²) in [5.74, 6) is -3.11. The fourth-order valence-electron chi connectivity index (χ4n) is 3.45. The van der Waals surface area contributed by atoms with Gasteiger partial charge in [-0.25, -0.2) is 18.2 Å². The number of benzene rings is 1. The van der Waals surface area contributed by atoms with Crippen LogP contribution in [0.1, 0.15) is 30.4 Å². The summed E-state index contributed by atoms with van der Waals surface area (Å²) in [6.07, 6.45) is -1.48. The molecular weight excluding hydrogens is 461 g/mol. The number of rotatable bonds is 8. The third kappa shape index (κ3) is 5.51. The van der Waals surface area contributed by atoms with E-state index in [4.69, 9.17) is 17.3 Å². The average molecular weight is 481 g/mol. The lowest BCUT2D eigenvalue weighted by Crippen LogP contribution is -2.60. The van der Waals surface area contributed by atoms with Crippen molar-refractivity contribution >= 4 is 35.1 Å². The number of aromatic nitrogens is 1. The quantitative estimate of drug-likeness (QED) is 0.586. The summed E-state index contributed by atoms with van der Waals surface area (Å²) in [7, 11) is 0. The molecule has 7 nitrogen and oxygen atoms in total. The van der Waals surface area contributed by atoms with Crippen LogP contribution in [-0.4, -0.2) is 40.2 Å². The Labute approximate surface area is 192 Å². The number of pyridine rings is 1. The van der Waals surface area contributed by atoms with Crippen molar-refractivity contribution in [1.82, 2.24) is 9.88 Å². The number of halogens is 4. The van der Waals surface area contributed by atoms with E-state index in [1.54, 1.807) is 0 Å². The minimum atomic E-state index is -2.64. The summed E-state index contributed by atoms with van der Waals surface area (Å²) in [6.45, 7) is 3.03. The maximum absolute atomic E-state index is 14.4. The fourth-order valence-corrected chi connectivity index (χ4v) is 3.60. The van der Waals surface area contributed by atoms with E-state index in [1.807, 2.05) is 0 Å². The SMILES string of the molecule is C=C(CC[C@H]1C(=O)N(c2ncc(Cl)cc2F)CC(=O)N1Cc1ccc(C(F)F)cc1)C(N)=O. The van der Waals surface area contributed by atoms with Crippen molar-refractivity contribution in [2.24, 2.45) is 5.73 Å². The van der Waals surface area contributed by atoms with Crippen LogP contribution in [0.2, 0.25) is 5.02 Å². The maximum atomic E-state index is 14.4. The number of primary amides is 1. The van der Waals surface area contributed by atoms with Crippen molar-refractivity contribution in [2.45, 2.75) is 31.9 Å². The van der Waals surface area contributed by atoms with Crippen LogP contribution in [0, 0.1) is 5.82 Å². The largest absolute Gasteiger partial charge is 0.366 e. The van der Waals surface area contributed by atoms with Gasteiger partial charge in [0.05, 0.1) is 5.02 Å². The Kier molecular flexibility index (Phi) is 7.37. The molecule has 0 unspecified atom stereocenters. The summed E-state index contributed by atoms with van der Waals surface area (Å²) < 4.78 is 40.1. The number of nitrogens with zero attached hydrogens (tertiary/aromatic N) is 3. The lowest BCUT2D eigenvalue weighted by Gasteiger charge is -2.40. The Hall–Kier alpha value is -3.40. The highest BCUT2D eigenvalue weighted by atomic mass is 35.5. The summed E-state index contributed by atoms with van der Waals surface area (Å²) >= 11 is 5.73. The molecule has 3 rings (SSSR count). The van der Waals surface area contributed by atoms with E-state index >= 15 is 0 Å². The van der Waals surface area contributed by atoms with Crippen LogP contribution in [0.3, 0.4) is 0 Å². The van der Waals surface area contributed by atoms with E-state index in [0.29, 0.717) is 5.56 Å². The van der Waals surface area contributed by atoms with E-state index in [-0.39, 0.29) is 41.4 Å². The second-order valence-electron chi connectivity index (χ2n) is 7.47. The van der Waals surface area contributed by atoms with Crippen molar-refractivity contribution in [2.75, 3.05) is 11.4 Å². The lowest BCUT2D eigenvalue weighted by molar-refractivity contribution is -0.144. The maximum Gasteiger partial charge on any atom is 0.263 e. The summed E-state index contributed by atoms with van der Waals surface area (Å²) in [6, 6.07) is 5.23. The zero-order chi connectivity index (χ0) is 24.3. The van der Waals surface area contributed by atoms with E-state index in [1.165, 1.54) is 29.2 Å². The Balaban J connectivity index is 1.90. The predicted octanol–water partition coefficient (Wildman–Crippen LogP) is 3.38. The van der Waals surface area contributed by atoms with Crippen molar-refractivity contribution < 1.29 is 27.6 Å². The number of carbonyl (C=O) groups excluding carboxylic acids is 3. The molecule has 2 heterocycles. The van der Waals surface area contributed by atoms with Gasteiger partial charge in [-0.2, -0.15) is 0 Å².